The monoisotopic (exact) mass is 312 g/mol. The number of hydrogen-bond donors (Lipinski definition) is 2. The molecule has 0 radical (unpaired) electrons. The first-order valence-electron chi connectivity index (χ1n) is 8.99. The fraction of sp³-hybridized carbons (Fsp3) is 0.944. The van der Waals surface area contributed by atoms with Crippen LogP contribution in [-0.2, 0) is 4.74 Å². The standard InChI is InChI=1S/C18H36N2O2/c1-14(2)8-6-7-13-19-15-9-11-16(12-10-15)20-17(21)22-18(3,4)5/h14-16,19H,6-13H2,1-5H3,(H,20,21). The summed E-state index contributed by atoms with van der Waals surface area (Å²) in [6.07, 6.45) is 8.02. The van der Waals surface area contributed by atoms with Crippen molar-refractivity contribution in [2.24, 2.45) is 5.92 Å². The average molecular weight is 312 g/mol. The van der Waals surface area contributed by atoms with Gasteiger partial charge >= 0.3 is 6.09 Å². The molecular weight excluding hydrogens is 276 g/mol. The summed E-state index contributed by atoms with van der Waals surface area (Å²) in [6, 6.07) is 0.893. The van der Waals surface area contributed by atoms with E-state index in [0.717, 1.165) is 38.1 Å². The van der Waals surface area contributed by atoms with Gasteiger partial charge in [0.05, 0.1) is 0 Å². The third-order valence-corrected chi connectivity index (χ3v) is 4.09. The highest BCUT2D eigenvalue weighted by Gasteiger charge is 2.24. The summed E-state index contributed by atoms with van der Waals surface area (Å²) in [5.74, 6) is 0.814. The number of amides is 1. The predicted molar refractivity (Wildman–Crippen MR) is 92.1 cm³/mol. The number of rotatable bonds is 7. The molecule has 0 aromatic rings. The van der Waals surface area contributed by atoms with Crippen LogP contribution in [0.1, 0.15) is 79.6 Å². The van der Waals surface area contributed by atoms with Gasteiger partial charge < -0.3 is 15.4 Å². The molecule has 4 nitrogen and oxygen atoms in total. The quantitative estimate of drug-likeness (QED) is 0.691. The van der Waals surface area contributed by atoms with Crippen molar-refractivity contribution in [1.29, 1.82) is 0 Å². The molecule has 1 fully saturated rings. The smallest absolute Gasteiger partial charge is 0.407 e. The van der Waals surface area contributed by atoms with E-state index in [9.17, 15) is 4.79 Å². The van der Waals surface area contributed by atoms with Crippen LogP contribution in [0.5, 0.6) is 0 Å². The summed E-state index contributed by atoms with van der Waals surface area (Å²) in [6.45, 7) is 11.4. The Labute approximate surface area is 136 Å². The molecule has 1 amide bonds. The largest absolute Gasteiger partial charge is 0.444 e. The lowest BCUT2D eigenvalue weighted by atomic mass is 9.91. The van der Waals surface area contributed by atoms with E-state index in [1.54, 1.807) is 0 Å². The van der Waals surface area contributed by atoms with E-state index in [1.165, 1.54) is 19.3 Å². The van der Waals surface area contributed by atoms with E-state index in [2.05, 4.69) is 24.5 Å². The Kier molecular flexibility index (Phi) is 8.23. The van der Waals surface area contributed by atoms with Crippen LogP contribution in [0.3, 0.4) is 0 Å². The van der Waals surface area contributed by atoms with E-state index >= 15 is 0 Å². The molecule has 0 atom stereocenters. The van der Waals surface area contributed by atoms with E-state index in [1.807, 2.05) is 20.8 Å². The second kappa shape index (κ2) is 9.39. The summed E-state index contributed by atoms with van der Waals surface area (Å²) in [7, 11) is 0. The Morgan fingerprint density at radius 1 is 1.09 bits per heavy atom. The molecule has 0 aromatic carbocycles. The van der Waals surface area contributed by atoms with Gasteiger partial charge in [-0.25, -0.2) is 4.79 Å². The molecular formula is C18H36N2O2. The number of carbonyl (C=O) groups is 1. The molecule has 22 heavy (non-hydrogen) atoms. The maximum absolute atomic E-state index is 11.8. The molecule has 1 rings (SSSR count). The highest BCUT2D eigenvalue weighted by atomic mass is 16.6. The van der Waals surface area contributed by atoms with Crippen LogP contribution in [0.25, 0.3) is 0 Å². The number of carbonyl (C=O) groups excluding carboxylic acids is 1. The minimum atomic E-state index is -0.418. The van der Waals surface area contributed by atoms with Gasteiger partial charge in [-0.15, -0.1) is 0 Å². The number of nitrogens with one attached hydrogen (secondary N) is 2. The van der Waals surface area contributed by atoms with Gasteiger partial charge in [-0.2, -0.15) is 0 Å². The number of unbranched alkanes of at least 4 members (excludes halogenated alkanes) is 1. The Morgan fingerprint density at radius 3 is 2.23 bits per heavy atom. The van der Waals surface area contributed by atoms with Gasteiger partial charge in [-0.05, 0) is 65.3 Å². The van der Waals surface area contributed by atoms with Gasteiger partial charge in [0, 0.05) is 12.1 Å². The van der Waals surface area contributed by atoms with Crippen molar-refractivity contribution >= 4 is 6.09 Å². The molecule has 1 aliphatic carbocycles. The molecule has 0 aromatic heterocycles. The zero-order valence-corrected chi connectivity index (χ0v) is 15.2. The second-order valence-electron chi connectivity index (χ2n) is 8.04. The third kappa shape index (κ3) is 9.29. The normalized spacial score (nSPS) is 22.6. The fourth-order valence-corrected chi connectivity index (χ4v) is 2.90. The molecule has 0 spiro atoms. The topological polar surface area (TPSA) is 50.4 Å². The molecule has 0 aliphatic heterocycles. The zero-order valence-electron chi connectivity index (χ0n) is 15.2. The molecule has 1 saturated carbocycles. The Bertz CT molecular complexity index is 316. The number of alkyl carbamates (subject to hydrolysis) is 1. The van der Waals surface area contributed by atoms with Gasteiger partial charge in [-0.3, -0.25) is 0 Å². The summed E-state index contributed by atoms with van der Waals surface area (Å²) in [5, 5.41) is 6.66. The van der Waals surface area contributed by atoms with Crippen molar-refractivity contribution < 1.29 is 9.53 Å². The lowest BCUT2D eigenvalue weighted by Gasteiger charge is -2.30. The number of ether oxygens (including phenoxy) is 1. The van der Waals surface area contributed by atoms with Gasteiger partial charge in [-0.1, -0.05) is 26.7 Å². The predicted octanol–water partition coefficient (Wildman–Crippen LogP) is 4.24. The van der Waals surface area contributed by atoms with Crippen LogP contribution in [0.2, 0.25) is 0 Å². The summed E-state index contributed by atoms with van der Waals surface area (Å²) < 4.78 is 5.31. The van der Waals surface area contributed by atoms with Gasteiger partial charge in [0.1, 0.15) is 5.60 Å². The Hall–Kier alpha value is -0.770. The van der Waals surface area contributed by atoms with Crippen molar-refractivity contribution in [2.45, 2.75) is 97.2 Å². The highest BCUT2D eigenvalue weighted by Crippen LogP contribution is 2.19. The van der Waals surface area contributed by atoms with Gasteiger partial charge in [0.2, 0.25) is 0 Å². The average Bonchev–Trinajstić information content (AvgIpc) is 2.37. The highest BCUT2D eigenvalue weighted by molar-refractivity contribution is 5.68. The van der Waals surface area contributed by atoms with Crippen molar-refractivity contribution in [1.82, 2.24) is 10.6 Å². The molecule has 0 unspecified atom stereocenters. The maximum atomic E-state index is 11.8. The van der Waals surface area contributed by atoms with Crippen molar-refractivity contribution in [3.05, 3.63) is 0 Å². The van der Waals surface area contributed by atoms with Crippen molar-refractivity contribution in [3.8, 4) is 0 Å². The first-order chi connectivity index (χ1) is 10.3. The van der Waals surface area contributed by atoms with Crippen LogP contribution < -0.4 is 10.6 Å². The van der Waals surface area contributed by atoms with Crippen molar-refractivity contribution in [3.63, 3.8) is 0 Å². The molecule has 2 N–H and O–H groups in total. The summed E-state index contributed by atoms with van der Waals surface area (Å²) in [4.78, 5) is 11.8. The lowest BCUT2D eigenvalue weighted by Crippen LogP contribution is -2.44. The third-order valence-electron chi connectivity index (χ3n) is 4.09. The van der Waals surface area contributed by atoms with Crippen LogP contribution in [0.4, 0.5) is 4.79 Å². The minimum Gasteiger partial charge on any atom is -0.444 e. The fourth-order valence-electron chi connectivity index (χ4n) is 2.90. The van der Waals surface area contributed by atoms with E-state index in [-0.39, 0.29) is 12.1 Å². The number of hydrogen-bond acceptors (Lipinski definition) is 3. The van der Waals surface area contributed by atoms with Crippen molar-refractivity contribution in [2.75, 3.05) is 6.54 Å². The van der Waals surface area contributed by atoms with Crippen LogP contribution in [0, 0.1) is 5.92 Å². The van der Waals surface area contributed by atoms with Gasteiger partial charge in [0.25, 0.3) is 0 Å². The van der Waals surface area contributed by atoms with Crippen LogP contribution >= 0.6 is 0 Å². The SMILES string of the molecule is CC(C)CCCCNC1CCC(NC(=O)OC(C)(C)C)CC1. The maximum Gasteiger partial charge on any atom is 0.407 e. The molecule has 0 heterocycles. The van der Waals surface area contributed by atoms with E-state index in [4.69, 9.17) is 4.74 Å². The molecule has 0 saturated heterocycles. The molecule has 130 valence electrons. The molecule has 1 aliphatic rings. The molecule has 4 heteroatoms. The molecule has 0 bridgehead atoms. The first-order valence-corrected chi connectivity index (χ1v) is 8.99. The Balaban J connectivity index is 2.09. The van der Waals surface area contributed by atoms with Gasteiger partial charge in [0.15, 0.2) is 0 Å². The van der Waals surface area contributed by atoms with Crippen LogP contribution in [0.15, 0.2) is 0 Å². The lowest BCUT2D eigenvalue weighted by molar-refractivity contribution is 0.0490. The Morgan fingerprint density at radius 2 is 1.68 bits per heavy atom. The second-order valence-corrected chi connectivity index (χ2v) is 8.04. The zero-order chi connectivity index (χ0) is 16.6. The minimum absolute atomic E-state index is 0.272. The summed E-state index contributed by atoms with van der Waals surface area (Å²) in [5.41, 5.74) is -0.418. The van der Waals surface area contributed by atoms with E-state index < -0.39 is 5.60 Å². The summed E-state index contributed by atoms with van der Waals surface area (Å²) >= 11 is 0. The van der Waals surface area contributed by atoms with E-state index in [0.29, 0.717) is 6.04 Å². The van der Waals surface area contributed by atoms with Crippen LogP contribution in [-0.4, -0.2) is 30.3 Å². The first kappa shape index (κ1) is 19.3.